The summed E-state index contributed by atoms with van der Waals surface area (Å²) in [4.78, 5) is 0. The lowest BCUT2D eigenvalue weighted by Crippen LogP contribution is -2.22. The van der Waals surface area contributed by atoms with Crippen molar-refractivity contribution in [2.24, 2.45) is 5.73 Å². The molecule has 1 aromatic rings. The molecule has 0 bridgehead atoms. The number of ether oxygens (including phenoxy) is 1. The molecule has 0 aliphatic carbocycles. The molecule has 0 unspecified atom stereocenters. The molecule has 14 heavy (non-hydrogen) atoms. The van der Waals surface area contributed by atoms with Crippen LogP contribution in [0.1, 0.15) is 18.5 Å². The van der Waals surface area contributed by atoms with Gasteiger partial charge in [-0.1, -0.05) is 12.1 Å². The molecule has 0 spiro atoms. The van der Waals surface area contributed by atoms with Crippen LogP contribution in [0.4, 0.5) is 0 Å². The van der Waals surface area contributed by atoms with Crippen LogP contribution in [0.3, 0.4) is 0 Å². The Morgan fingerprint density at radius 3 is 2.14 bits per heavy atom. The van der Waals surface area contributed by atoms with E-state index in [-0.39, 0.29) is 18.4 Å². The highest BCUT2D eigenvalue weighted by molar-refractivity contribution is 5.85. The lowest BCUT2D eigenvalue weighted by Gasteiger charge is -2.14. The maximum atomic E-state index is 9.24. The highest BCUT2D eigenvalue weighted by Gasteiger charge is 2.11. The predicted molar refractivity (Wildman–Crippen MR) is 58.9 cm³/mol. The van der Waals surface area contributed by atoms with Gasteiger partial charge >= 0.3 is 0 Å². The zero-order valence-electron chi connectivity index (χ0n) is 8.31. The molecule has 0 aliphatic heterocycles. The minimum absolute atomic E-state index is 0. The highest BCUT2D eigenvalue weighted by Crippen LogP contribution is 2.17. The summed E-state index contributed by atoms with van der Waals surface area (Å²) in [6.45, 7) is 1.68. The molecule has 4 heteroatoms. The van der Waals surface area contributed by atoms with Gasteiger partial charge in [-0.3, -0.25) is 0 Å². The molecule has 0 saturated heterocycles. The quantitative estimate of drug-likeness (QED) is 0.807. The van der Waals surface area contributed by atoms with Gasteiger partial charge < -0.3 is 15.6 Å². The Balaban J connectivity index is 0.00000169. The second kappa shape index (κ2) is 5.86. The molecule has 2 atom stereocenters. The van der Waals surface area contributed by atoms with Crippen molar-refractivity contribution in [2.45, 2.75) is 19.1 Å². The average molecular weight is 218 g/mol. The first-order valence-electron chi connectivity index (χ1n) is 4.22. The van der Waals surface area contributed by atoms with Crippen molar-refractivity contribution >= 4 is 12.4 Å². The standard InChI is InChI=1S/C10H15NO2.ClH/c1-7(12)10(11)8-3-5-9(13-2)6-4-8;/h3-7,10,12H,11H2,1-2H3;1H/t7-,10+;/m0./s1. The van der Waals surface area contributed by atoms with Gasteiger partial charge in [-0.05, 0) is 24.6 Å². The largest absolute Gasteiger partial charge is 0.497 e. The van der Waals surface area contributed by atoms with E-state index in [1.54, 1.807) is 14.0 Å². The van der Waals surface area contributed by atoms with E-state index in [0.717, 1.165) is 11.3 Å². The predicted octanol–water partition coefficient (Wildman–Crippen LogP) is 1.50. The fraction of sp³-hybridized carbons (Fsp3) is 0.400. The molecule has 1 aromatic carbocycles. The number of halogens is 1. The Bertz CT molecular complexity index is 261. The SMILES string of the molecule is COc1ccc([C@H](N)[C@H](C)O)cc1.Cl. The minimum Gasteiger partial charge on any atom is -0.497 e. The highest BCUT2D eigenvalue weighted by atomic mass is 35.5. The van der Waals surface area contributed by atoms with Crippen LogP contribution in [0.2, 0.25) is 0 Å². The van der Waals surface area contributed by atoms with E-state index in [9.17, 15) is 5.11 Å². The Morgan fingerprint density at radius 1 is 1.29 bits per heavy atom. The lowest BCUT2D eigenvalue weighted by molar-refractivity contribution is 0.164. The molecule has 80 valence electrons. The second-order valence-electron chi connectivity index (χ2n) is 3.04. The van der Waals surface area contributed by atoms with Crippen LogP contribution < -0.4 is 10.5 Å². The van der Waals surface area contributed by atoms with Crippen LogP contribution in [0, 0.1) is 0 Å². The number of hydrogen-bond acceptors (Lipinski definition) is 3. The van der Waals surface area contributed by atoms with Crippen molar-refractivity contribution < 1.29 is 9.84 Å². The molecule has 0 aliphatic rings. The number of nitrogens with two attached hydrogens (primary N) is 1. The third-order valence-electron chi connectivity index (χ3n) is 2.02. The van der Waals surface area contributed by atoms with Crippen molar-refractivity contribution in [1.82, 2.24) is 0 Å². The third kappa shape index (κ3) is 3.18. The van der Waals surface area contributed by atoms with Gasteiger partial charge in [0.1, 0.15) is 5.75 Å². The summed E-state index contributed by atoms with van der Waals surface area (Å²) >= 11 is 0. The van der Waals surface area contributed by atoms with Gasteiger partial charge in [0, 0.05) is 0 Å². The zero-order valence-corrected chi connectivity index (χ0v) is 9.12. The van der Waals surface area contributed by atoms with Crippen LogP contribution in [-0.2, 0) is 0 Å². The van der Waals surface area contributed by atoms with Gasteiger partial charge in [0.05, 0.1) is 19.3 Å². The van der Waals surface area contributed by atoms with Crippen molar-refractivity contribution in [2.75, 3.05) is 7.11 Å². The van der Waals surface area contributed by atoms with Crippen molar-refractivity contribution in [3.05, 3.63) is 29.8 Å². The maximum Gasteiger partial charge on any atom is 0.118 e. The topological polar surface area (TPSA) is 55.5 Å². The number of aliphatic hydroxyl groups is 1. The number of methoxy groups -OCH3 is 1. The number of hydrogen-bond donors (Lipinski definition) is 2. The van der Waals surface area contributed by atoms with E-state index in [1.165, 1.54) is 0 Å². The van der Waals surface area contributed by atoms with Crippen molar-refractivity contribution in [1.29, 1.82) is 0 Å². The molecule has 3 nitrogen and oxygen atoms in total. The molecule has 0 saturated carbocycles. The summed E-state index contributed by atoms with van der Waals surface area (Å²) in [6.07, 6.45) is -0.534. The summed E-state index contributed by atoms with van der Waals surface area (Å²) < 4.78 is 5.01. The van der Waals surface area contributed by atoms with E-state index in [0.29, 0.717) is 0 Å². The molecule has 0 amide bonds. The van der Waals surface area contributed by atoms with Crippen molar-refractivity contribution in [3.63, 3.8) is 0 Å². The lowest BCUT2D eigenvalue weighted by atomic mass is 10.0. The second-order valence-corrected chi connectivity index (χ2v) is 3.04. The first-order chi connectivity index (χ1) is 6.15. The molecular weight excluding hydrogens is 202 g/mol. The van der Waals surface area contributed by atoms with Gasteiger partial charge in [-0.15, -0.1) is 12.4 Å². The number of rotatable bonds is 3. The Hall–Kier alpha value is -0.770. The maximum absolute atomic E-state index is 9.24. The fourth-order valence-corrected chi connectivity index (χ4v) is 1.10. The Morgan fingerprint density at radius 2 is 1.79 bits per heavy atom. The average Bonchev–Trinajstić information content (AvgIpc) is 2.17. The van der Waals surface area contributed by atoms with Gasteiger partial charge in [0.25, 0.3) is 0 Å². The molecule has 3 N–H and O–H groups in total. The zero-order chi connectivity index (χ0) is 9.84. The summed E-state index contributed by atoms with van der Waals surface area (Å²) in [5.41, 5.74) is 6.65. The Labute approximate surface area is 90.3 Å². The van der Waals surface area contributed by atoms with Crippen LogP contribution in [0.5, 0.6) is 5.75 Å². The normalized spacial score (nSPS) is 14.0. The van der Waals surface area contributed by atoms with E-state index >= 15 is 0 Å². The monoisotopic (exact) mass is 217 g/mol. The summed E-state index contributed by atoms with van der Waals surface area (Å²) in [6, 6.07) is 7.05. The molecular formula is C10H16ClNO2. The van der Waals surface area contributed by atoms with E-state index in [1.807, 2.05) is 24.3 Å². The van der Waals surface area contributed by atoms with Crippen LogP contribution >= 0.6 is 12.4 Å². The van der Waals surface area contributed by atoms with Crippen LogP contribution in [-0.4, -0.2) is 18.3 Å². The first kappa shape index (κ1) is 13.2. The van der Waals surface area contributed by atoms with E-state index in [2.05, 4.69) is 0 Å². The summed E-state index contributed by atoms with van der Waals surface area (Å²) in [5.74, 6) is 0.793. The first-order valence-corrected chi connectivity index (χ1v) is 4.22. The minimum atomic E-state index is -0.534. The molecule has 0 aromatic heterocycles. The Kier molecular flexibility index (Phi) is 5.53. The van der Waals surface area contributed by atoms with Gasteiger partial charge in [-0.25, -0.2) is 0 Å². The van der Waals surface area contributed by atoms with Crippen LogP contribution in [0.15, 0.2) is 24.3 Å². The molecule has 0 heterocycles. The van der Waals surface area contributed by atoms with E-state index in [4.69, 9.17) is 10.5 Å². The third-order valence-corrected chi connectivity index (χ3v) is 2.02. The molecule has 0 fully saturated rings. The number of benzene rings is 1. The van der Waals surface area contributed by atoms with Gasteiger partial charge in [-0.2, -0.15) is 0 Å². The van der Waals surface area contributed by atoms with Gasteiger partial charge in [0.2, 0.25) is 0 Å². The number of aliphatic hydroxyl groups excluding tert-OH is 1. The summed E-state index contributed by atoms with van der Waals surface area (Å²) in [5, 5.41) is 9.24. The van der Waals surface area contributed by atoms with Crippen LogP contribution in [0.25, 0.3) is 0 Å². The fourth-order valence-electron chi connectivity index (χ4n) is 1.10. The van der Waals surface area contributed by atoms with E-state index < -0.39 is 6.10 Å². The summed E-state index contributed by atoms with van der Waals surface area (Å²) in [7, 11) is 1.61. The molecule has 0 radical (unpaired) electrons. The van der Waals surface area contributed by atoms with Crippen molar-refractivity contribution in [3.8, 4) is 5.75 Å². The van der Waals surface area contributed by atoms with Gasteiger partial charge in [0.15, 0.2) is 0 Å². The smallest absolute Gasteiger partial charge is 0.118 e. The molecule has 1 rings (SSSR count).